The zero-order chi connectivity index (χ0) is 12.5. The second-order valence-electron chi connectivity index (χ2n) is 4.19. The van der Waals surface area contributed by atoms with Crippen molar-refractivity contribution in [1.29, 1.82) is 0 Å². The van der Waals surface area contributed by atoms with Crippen LogP contribution >= 0.6 is 23.2 Å². The Kier molecular flexibility index (Phi) is 3.14. The van der Waals surface area contributed by atoms with Gasteiger partial charge in [-0.05, 0) is 25.0 Å². The Bertz CT molecular complexity index is 567. The topological polar surface area (TPSA) is 48.2 Å². The van der Waals surface area contributed by atoms with Crippen LogP contribution < -0.4 is 4.74 Å². The molecule has 6 heteroatoms. The van der Waals surface area contributed by atoms with Crippen LogP contribution in [0.15, 0.2) is 22.7 Å². The Hall–Kier alpha value is -1.26. The van der Waals surface area contributed by atoms with Gasteiger partial charge in [0.15, 0.2) is 6.61 Å². The summed E-state index contributed by atoms with van der Waals surface area (Å²) in [7, 11) is 0. The average Bonchev–Trinajstić information content (AvgIpc) is 3.10. The Labute approximate surface area is 114 Å². The third-order valence-corrected chi connectivity index (χ3v) is 3.21. The molecular formula is C12H10Cl2N2O2. The minimum Gasteiger partial charge on any atom is -0.484 e. The van der Waals surface area contributed by atoms with Gasteiger partial charge in [0, 0.05) is 17.0 Å². The first kappa shape index (κ1) is 11.8. The first-order chi connectivity index (χ1) is 8.72. The molecule has 1 aromatic heterocycles. The van der Waals surface area contributed by atoms with Crippen molar-refractivity contribution in [1.82, 2.24) is 10.1 Å². The summed E-state index contributed by atoms with van der Waals surface area (Å²) in [6.45, 7) is 0.219. The standard InChI is InChI=1S/C12H10Cl2N2O2/c13-8-3-4-9(14)10(5-8)17-6-11-15-12(18-16-11)7-1-2-7/h3-5,7H,1-2,6H2. The van der Waals surface area contributed by atoms with Gasteiger partial charge < -0.3 is 9.26 Å². The van der Waals surface area contributed by atoms with Crippen molar-refractivity contribution in [2.24, 2.45) is 0 Å². The van der Waals surface area contributed by atoms with Gasteiger partial charge in [-0.2, -0.15) is 4.98 Å². The van der Waals surface area contributed by atoms with Crippen LogP contribution in [-0.4, -0.2) is 10.1 Å². The van der Waals surface area contributed by atoms with Crippen molar-refractivity contribution in [3.05, 3.63) is 40.0 Å². The second kappa shape index (κ2) is 4.78. The third kappa shape index (κ3) is 2.60. The number of aromatic nitrogens is 2. The molecule has 2 aromatic rings. The SMILES string of the molecule is Clc1ccc(Cl)c(OCc2noc(C3CC3)n2)c1. The Morgan fingerprint density at radius 3 is 2.94 bits per heavy atom. The van der Waals surface area contributed by atoms with Crippen LogP contribution in [0, 0.1) is 0 Å². The second-order valence-corrected chi connectivity index (χ2v) is 5.03. The van der Waals surface area contributed by atoms with E-state index in [1.807, 2.05) is 0 Å². The quantitative estimate of drug-likeness (QED) is 0.856. The maximum Gasteiger partial charge on any atom is 0.229 e. The molecule has 1 aromatic carbocycles. The first-order valence-corrected chi connectivity index (χ1v) is 6.38. The highest BCUT2D eigenvalue weighted by Crippen LogP contribution is 2.38. The van der Waals surface area contributed by atoms with Crippen LogP contribution in [-0.2, 0) is 6.61 Å². The van der Waals surface area contributed by atoms with Crippen LogP contribution in [0.3, 0.4) is 0 Å². The van der Waals surface area contributed by atoms with E-state index in [1.165, 1.54) is 0 Å². The minimum absolute atomic E-state index is 0.219. The summed E-state index contributed by atoms with van der Waals surface area (Å²) < 4.78 is 10.6. The largest absolute Gasteiger partial charge is 0.484 e. The van der Waals surface area contributed by atoms with Gasteiger partial charge in [-0.15, -0.1) is 0 Å². The summed E-state index contributed by atoms with van der Waals surface area (Å²) in [6.07, 6.45) is 2.26. The predicted octanol–water partition coefficient (Wildman–Crippen LogP) is 3.83. The van der Waals surface area contributed by atoms with Crippen molar-refractivity contribution >= 4 is 23.2 Å². The van der Waals surface area contributed by atoms with Crippen LogP contribution in [0.4, 0.5) is 0 Å². The molecule has 0 amide bonds. The molecule has 0 unspecified atom stereocenters. The van der Waals surface area contributed by atoms with E-state index >= 15 is 0 Å². The summed E-state index contributed by atoms with van der Waals surface area (Å²) in [5.74, 6) is 2.18. The lowest BCUT2D eigenvalue weighted by Crippen LogP contribution is -1.98. The molecule has 0 radical (unpaired) electrons. The van der Waals surface area contributed by atoms with Gasteiger partial charge >= 0.3 is 0 Å². The number of benzene rings is 1. The van der Waals surface area contributed by atoms with E-state index in [2.05, 4.69) is 10.1 Å². The zero-order valence-corrected chi connectivity index (χ0v) is 10.9. The fraction of sp³-hybridized carbons (Fsp3) is 0.333. The maximum atomic E-state index is 5.98. The smallest absolute Gasteiger partial charge is 0.229 e. The molecule has 1 saturated carbocycles. The molecule has 0 spiro atoms. The van der Waals surface area contributed by atoms with Gasteiger partial charge in [0.05, 0.1) is 5.02 Å². The summed E-state index contributed by atoms with van der Waals surface area (Å²) in [4.78, 5) is 4.26. The third-order valence-electron chi connectivity index (χ3n) is 2.66. The molecule has 4 nitrogen and oxygen atoms in total. The van der Waals surface area contributed by atoms with Crippen molar-refractivity contribution in [3.8, 4) is 5.75 Å². The molecule has 18 heavy (non-hydrogen) atoms. The normalized spacial score (nSPS) is 14.8. The van der Waals surface area contributed by atoms with E-state index in [1.54, 1.807) is 18.2 Å². The molecule has 0 bridgehead atoms. The first-order valence-electron chi connectivity index (χ1n) is 5.63. The van der Waals surface area contributed by atoms with E-state index in [4.69, 9.17) is 32.5 Å². The molecular weight excluding hydrogens is 275 g/mol. The molecule has 0 atom stereocenters. The Morgan fingerprint density at radius 2 is 2.17 bits per heavy atom. The molecule has 0 aliphatic heterocycles. The molecule has 1 fully saturated rings. The number of hydrogen-bond donors (Lipinski definition) is 0. The van der Waals surface area contributed by atoms with E-state index in [9.17, 15) is 0 Å². The monoisotopic (exact) mass is 284 g/mol. The molecule has 1 heterocycles. The summed E-state index contributed by atoms with van der Waals surface area (Å²) >= 11 is 11.8. The van der Waals surface area contributed by atoms with Gasteiger partial charge in [-0.3, -0.25) is 0 Å². The van der Waals surface area contributed by atoms with Crippen molar-refractivity contribution in [3.63, 3.8) is 0 Å². The number of rotatable bonds is 4. The van der Waals surface area contributed by atoms with Gasteiger partial charge in [0.1, 0.15) is 5.75 Å². The molecule has 1 aliphatic rings. The highest BCUT2D eigenvalue weighted by atomic mass is 35.5. The Morgan fingerprint density at radius 1 is 1.33 bits per heavy atom. The average molecular weight is 285 g/mol. The van der Waals surface area contributed by atoms with Crippen molar-refractivity contribution < 1.29 is 9.26 Å². The van der Waals surface area contributed by atoms with E-state index < -0.39 is 0 Å². The Balaban J connectivity index is 1.67. The van der Waals surface area contributed by atoms with E-state index in [0.29, 0.717) is 33.4 Å². The lowest BCUT2D eigenvalue weighted by molar-refractivity contribution is 0.285. The van der Waals surface area contributed by atoms with E-state index in [-0.39, 0.29) is 6.61 Å². The van der Waals surface area contributed by atoms with Crippen LogP contribution in [0.1, 0.15) is 30.5 Å². The van der Waals surface area contributed by atoms with Gasteiger partial charge in [-0.25, -0.2) is 0 Å². The molecule has 3 rings (SSSR count). The van der Waals surface area contributed by atoms with Crippen LogP contribution in [0.5, 0.6) is 5.75 Å². The van der Waals surface area contributed by atoms with Gasteiger partial charge in [0.2, 0.25) is 11.7 Å². The van der Waals surface area contributed by atoms with E-state index in [0.717, 1.165) is 12.8 Å². The maximum absolute atomic E-state index is 5.98. The lowest BCUT2D eigenvalue weighted by Gasteiger charge is -2.05. The number of ether oxygens (including phenoxy) is 1. The predicted molar refractivity (Wildman–Crippen MR) is 67.1 cm³/mol. The van der Waals surface area contributed by atoms with Gasteiger partial charge in [0.25, 0.3) is 0 Å². The number of nitrogens with zero attached hydrogens (tertiary/aromatic N) is 2. The molecule has 0 saturated heterocycles. The summed E-state index contributed by atoms with van der Waals surface area (Å²) in [6, 6.07) is 5.05. The lowest BCUT2D eigenvalue weighted by atomic mass is 10.3. The number of halogens is 2. The van der Waals surface area contributed by atoms with Crippen LogP contribution in [0.25, 0.3) is 0 Å². The van der Waals surface area contributed by atoms with Crippen molar-refractivity contribution in [2.45, 2.75) is 25.4 Å². The molecule has 94 valence electrons. The zero-order valence-electron chi connectivity index (χ0n) is 9.40. The fourth-order valence-corrected chi connectivity index (χ4v) is 1.89. The van der Waals surface area contributed by atoms with Crippen LogP contribution in [0.2, 0.25) is 10.0 Å². The number of hydrogen-bond acceptors (Lipinski definition) is 4. The fourth-order valence-electron chi connectivity index (χ4n) is 1.55. The molecule has 0 N–H and O–H groups in total. The van der Waals surface area contributed by atoms with Gasteiger partial charge in [-0.1, -0.05) is 28.4 Å². The minimum atomic E-state index is 0.219. The highest BCUT2D eigenvalue weighted by Gasteiger charge is 2.29. The van der Waals surface area contributed by atoms with Crippen molar-refractivity contribution in [2.75, 3.05) is 0 Å². The molecule has 1 aliphatic carbocycles. The highest BCUT2D eigenvalue weighted by molar-refractivity contribution is 6.34. The summed E-state index contributed by atoms with van der Waals surface area (Å²) in [5.41, 5.74) is 0. The summed E-state index contributed by atoms with van der Waals surface area (Å²) in [5, 5.41) is 4.93.